The van der Waals surface area contributed by atoms with Crippen molar-refractivity contribution in [3.05, 3.63) is 112 Å². The largest absolute Gasteiger partial charge is 0.381 e. The quantitative estimate of drug-likeness (QED) is 0.112. The van der Waals surface area contributed by atoms with Crippen LogP contribution >= 0.6 is 0 Å². The van der Waals surface area contributed by atoms with Crippen molar-refractivity contribution in [3.63, 3.8) is 0 Å². The van der Waals surface area contributed by atoms with Crippen molar-refractivity contribution in [2.45, 2.75) is 85.2 Å². The number of carbonyl (C=O) groups is 2. The molecule has 5 aromatic rings. The highest BCUT2D eigenvalue weighted by Crippen LogP contribution is 2.31. The summed E-state index contributed by atoms with van der Waals surface area (Å²) in [6, 6.07) is 23.1. The Balaban J connectivity index is 1.02. The molecule has 2 amide bonds. The van der Waals surface area contributed by atoms with Gasteiger partial charge in [0.05, 0.1) is 17.3 Å². The van der Waals surface area contributed by atoms with E-state index >= 15 is 0 Å². The third-order valence-electron chi connectivity index (χ3n) is 10.7. The van der Waals surface area contributed by atoms with Crippen molar-refractivity contribution in [1.29, 1.82) is 0 Å². The Kier molecular flexibility index (Phi) is 12.2. The van der Waals surface area contributed by atoms with E-state index in [1.54, 1.807) is 6.07 Å². The highest BCUT2D eigenvalue weighted by Gasteiger charge is 2.23. The number of hydrogen-bond acceptors (Lipinski definition) is 8. The van der Waals surface area contributed by atoms with E-state index < -0.39 is 0 Å². The topological polar surface area (TPSA) is 125 Å². The molecule has 2 fully saturated rings. The van der Waals surface area contributed by atoms with Crippen LogP contribution in [0.15, 0.2) is 72.9 Å². The number of benzene rings is 3. The first-order valence-electron chi connectivity index (χ1n) is 19.8. The molecule has 4 N–H and O–H groups in total. The van der Waals surface area contributed by atoms with E-state index in [1.807, 2.05) is 42.1 Å². The Morgan fingerprint density at radius 1 is 0.909 bits per heavy atom. The lowest BCUT2D eigenvalue weighted by molar-refractivity contribution is 0.0904. The van der Waals surface area contributed by atoms with E-state index in [4.69, 9.17) is 9.72 Å². The lowest BCUT2D eigenvalue weighted by atomic mass is 10.0. The Bertz CT molecular complexity index is 2140. The molecular weight excluding hydrogens is 689 g/mol. The maximum Gasteiger partial charge on any atom is 0.251 e. The van der Waals surface area contributed by atoms with Gasteiger partial charge in [-0.2, -0.15) is 5.10 Å². The smallest absolute Gasteiger partial charge is 0.251 e. The van der Waals surface area contributed by atoms with Gasteiger partial charge >= 0.3 is 0 Å². The van der Waals surface area contributed by atoms with Crippen LogP contribution in [0.4, 0.5) is 5.69 Å². The molecule has 2 aliphatic rings. The molecular formula is C44H54N8O3. The van der Waals surface area contributed by atoms with E-state index in [9.17, 15) is 9.59 Å². The van der Waals surface area contributed by atoms with Crippen LogP contribution in [0.5, 0.6) is 0 Å². The highest BCUT2D eigenvalue weighted by molar-refractivity contribution is 6.00. The number of nitrogens with zero attached hydrogens (tertiary/aromatic N) is 4. The summed E-state index contributed by atoms with van der Waals surface area (Å²) in [7, 11) is 0. The van der Waals surface area contributed by atoms with Gasteiger partial charge < -0.3 is 26.0 Å². The molecule has 55 heavy (non-hydrogen) atoms. The maximum atomic E-state index is 13.7. The normalized spacial score (nSPS) is 16.6. The molecule has 0 saturated carbocycles. The Hall–Kier alpha value is -5.10. The summed E-state index contributed by atoms with van der Waals surface area (Å²) in [5.74, 6) is -0.475. The number of anilines is 1. The number of pyridine rings is 1. The minimum absolute atomic E-state index is 0.228. The van der Waals surface area contributed by atoms with Gasteiger partial charge in [-0.25, -0.2) is 9.67 Å². The summed E-state index contributed by atoms with van der Waals surface area (Å²) in [6.07, 6.45) is 4.39. The Morgan fingerprint density at radius 2 is 1.60 bits per heavy atom. The van der Waals surface area contributed by atoms with Crippen molar-refractivity contribution < 1.29 is 14.3 Å². The SMILES string of the molecule is CCc1nc2c(cnn2CC)c(NC2CCOCC2)c1CNC(=O)c1cc(C)cc(C(=O)NCc2cccc(-c3cccc(CN4CCN[C@@H](C)C4)c3)c2)c1. The number of hydrogen-bond donors (Lipinski definition) is 4. The number of fused-ring (bicyclic) bond motifs is 1. The number of rotatable bonds is 13. The second-order valence-electron chi connectivity index (χ2n) is 14.9. The first-order chi connectivity index (χ1) is 26.8. The molecule has 11 heteroatoms. The summed E-state index contributed by atoms with van der Waals surface area (Å²) >= 11 is 0. The third kappa shape index (κ3) is 9.24. The lowest BCUT2D eigenvalue weighted by Crippen LogP contribution is -2.48. The van der Waals surface area contributed by atoms with Crippen molar-refractivity contribution in [1.82, 2.24) is 35.6 Å². The Labute approximate surface area is 324 Å². The summed E-state index contributed by atoms with van der Waals surface area (Å²) in [6.45, 7) is 15.1. The van der Waals surface area contributed by atoms with Crippen LogP contribution in [0.1, 0.15) is 82.3 Å². The van der Waals surface area contributed by atoms with Crippen molar-refractivity contribution in [3.8, 4) is 11.1 Å². The molecule has 2 aromatic heterocycles. The molecule has 3 aromatic carbocycles. The first-order valence-corrected chi connectivity index (χ1v) is 19.8. The predicted molar refractivity (Wildman–Crippen MR) is 218 cm³/mol. The molecule has 0 spiro atoms. The van der Waals surface area contributed by atoms with Crippen molar-refractivity contribution in [2.75, 3.05) is 38.2 Å². The number of amides is 2. The van der Waals surface area contributed by atoms with Crippen LogP contribution in [0.2, 0.25) is 0 Å². The van der Waals surface area contributed by atoms with E-state index in [2.05, 4.69) is 88.4 Å². The second-order valence-corrected chi connectivity index (χ2v) is 14.9. The van der Waals surface area contributed by atoms with Gasteiger partial charge in [-0.15, -0.1) is 0 Å². The monoisotopic (exact) mass is 742 g/mol. The van der Waals surface area contributed by atoms with Gasteiger partial charge in [0.25, 0.3) is 11.8 Å². The predicted octanol–water partition coefficient (Wildman–Crippen LogP) is 6.23. The van der Waals surface area contributed by atoms with E-state index in [1.165, 1.54) is 5.56 Å². The summed E-state index contributed by atoms with van der Waals surface area (Å²) in [5.41, 5.74) is 9.98. The summed E-state index contributed by atoms with van der Waals surface area (Å²) < 4.78 is 7.53. The number of aromatic nitrogens is 3. The zero-order chi connectivity index (χ0) is 38.3. The van der Waals surface area contributed by atoms with E-state index in [-0.39, 0.29) is 24.4 Å². The molecule has 0 radical (unpaired) electrons. The number of aryl methyl sites for hydroxylation is 3. The molecule has 11 nitrogen and oxygen atoms in total. The van der Waals surface area contributed by atoms with Gasteiger partial charge in [-0.1, -0.05) is 43.3 Å². The average molecular weight is 743 g/mol. The minimum Gasteiger partial charge on any atom is -0.381 e. The van der Waals surface area contributed by atoms with Crippen LogP contribution < -0.4 is 21.3 Å². The molecule has 2 saturated heterocycles. The van der Waals surface area contributed by atoms with E-state index in [0.717, 1.165) is 89.3 Å². The fourth-order valence-corrected chi connectivity index (χ4v) is 7.83. The molecule has 7 rings (SSSR count). The average Bonchev–Trinajstić information content (AvgIpc) is 3.62. The molecule has 1 atom stereocenters. The molecule has 288 valence electrons. The van der Waals surface area contributed by atoms with Crippen molar-refractivity contribution in [2.24, 2.45) is 0 Å². The van der Waals surface area contributed by atoms with Crippen LogP contribution in [0.25, 0.3) is 22.2 Å². The van der Waals surface area contributed by atoms with Crippen molar-refractivity contribution >= 4 is 28.5 Å². The fraction of sp³-hybridized carbons (Fsp3) is 0.409. The summed E-state index contributed by atoms with van der Waals surface area (Å²) in [5, 5.41) is 19.1. The number of nitrogens with one attached hydrogen (secondary N) is 4. The summed E-state index contributed by atoms with van der Waals surface area (Å²) in [4.78, 5) is 34.8. The molecule has 4 heterocycles. The zero-order valence-electron chi connectivity index (χ0n) is 32.6. The van der Waals surface area contributed by atoms with Gasteiger partial charge in [0.15, 0.2) is 5.65 Å². The number of carbonyl (C=O) groups excluding carboxylic acids is 2. The highest BCUT2D eigenvalue weighted by atomic mass is 16.5. The van der Waals surface area contributed by atoms with Gasteiger partial charge in [0.2, 0.25) is 0 Å². The molecule has 0 aliphatic carbocycles. The molecule has 2 aliphatic heterocycles. The Morgan fingerprint density at radius 3 is 2.29 bits per heavy atom. The zero-order valence-corrected chi connectivity index (χ0v) is 32.6. The van der Waals surface area contributed by atoms with Gasteiger partial charge in [0, 0.05) is 93.5 Å². The van der Waals surface area contributed by atoms with Crippen LogP contribution in [0, 0.1) is 6.92 Å². The number of piperazine rings is 1. The van der Waals surface area contributed by atoms with E-state index in [0.29, 0.717) is 49.9 Å². The van der Waals surface area contributed by atoms with Gasteiger partial charge in [-0.05, 0) is 98.2 Å². The standard InChI is InChI=1S/C44H54N8O3/c1-5-40-38(41(49-37-13-17-55-18-14-37)39-26-48-52(6-2)42(39)50-40)25-47-44(54)36-20-29(3)19-35(23-36)43(53)46-24-31-9-7-11-33(21-31)34-12-8-10-32(22-34)28-51-16-15-45-30(4)27-51/h7-12,19-23,26,30,37,45H,5-6,13-18,24-25,27-28H2,1-4H3,(H,46,53)(H,47,54)(H,49,50)/t30-/m0/s1. The van der Waals surface area contributed by atoms with Crippen LogP contribution in [0.3, 0.4) is 0 Å². The lowest BCUT2D eigenvalue weighted by Gasteiger charge is -2.31. The minimum atomic E-state index is -0.248. The number of ether oxygens (including phenoxy) is 1. The first kappa shape index (κ1) is 38.2. The van der Waals surface area contributed by atoms with Crippen LogP contribution in [-0.4, -0.2) is 76.4 Å². The molecule has 0 unspecified atom stereocenters. The third-order valence-corrected chi connectivity index (χ3v) is 10.7. The molecule has 0 bridgehead atoms. The fourth-order valence-electron chi connectivity index (χ4n) is 7.83. The van der Waals surface area contributed by atoms with Crippen LogP contribution in [-0.2, 0) is 37.3 Å². The second kappa shape index (κ2) is 17.6. The van der Waals surface area contributed by atoms with Gasteiger partial charge in [-0.3, -0.25) is 14.5 Å². The maximum absolute atomic E-state index is 13.7. The van der Waals surface area contributed by atoms with Gasteiger partial charge in [0.1, 0.15) is 0 Å².